The molecule has 2 aliphatic rings. The molecule has 23 heavy (non-hydrogen) atoms. The van der Waals surface area contributed by atoms with Crippen LogP contribution in [-0.2, 0) is 23.7 Å². The van der Waals surface area contributed by atoms with Gasteiger partial charge in [-0.2, -0.15) is 0 Å². The Balaban J connectivity index is 1.76. The van der Waals surface area contributed by atoms with E-state index in [1.807, 2.05) is 20.8 Å². The van der Waals surface area contributed by atoms with E-state index in [0.29, 0.717) is 12.5 Å². The van der Waals surface area contributed by atoms with Crippen LogP contribution in [0.5, 0.6) is 0 Å². The molecule has 0 aromatic heterocycles. The summed E-state index contributed by atoms with van der Waals surface area (Å²) in [6.07, 6.45) is 7.98. The molecule has 134 valence electrons. The summed E-state index contributed by atoms with van der Waals surface area (Å²) < 4.78 is 22.7. The molecule has 5 nitrogen and oxygen atoms in total. The van der Waals surface area contributed by atoms with Crippen molar-refractivity contribution >= 4 is 5.97 Å². The van der Waals surface area contributed by atoms with Gasteiger partial charge < -0.3 is 18.9 Å². The van der Waals surface area contributed by atoms with Crippen molar-refractivity contribution < 1.29 is 23.7 Å². The fraction of sp³-hybridized carbons (Fsp3) is 0.944. The molecule has 0 bridgehead atoms. The highest BCUT2D eigenvalue weighted by molar-refractivity contribution is 5.71. The largest absolute Gasteiger partial charge is 0.458 e. The van der Waals surface area contributed by atoms with E-state index >= 15 is 0 Å². The summed E-state index contributed by atoms with van der Waals surface area (Å²) in [4.78, 5) is 11.7. The molecular formula is C18H32O5. The molecule has 0 amide bonds. The van der Waals surface area contributed by atoms with Crippen LogP contribution in [0.1, 0.15) is 65.7 Å². The topological polar surface area (TPSA) is 54.0 Å². The maximum Gasteiger partial charge on any atom is 0.332 e. The number of hydrogen-bond acceptors (Lipinski definition) is 5. The summed E-state index contributed by atoms with van der Waals surface area (Å²) in [5.74, 6) is 0.191. The Labute approximate surface area is 140 Å². The Morgan fingerprint density at radius 3 is 2.43 bits per heavy atom. The molecule has 1 aliphatic heterocycles. The van der Waals surface area contributed by atoms with E-state index in [4.69, 9.17) is 18.9 Å². The van der Waals surface area contributed by atoms with Crippen LogP contribution in [0, 0.1) is 5.92 Å². The number of carbonyl (C=O) groups excluding carboxylic acids is 1. The van der Waals surface area contributed by atoms with E-state index in [9.17, 15) is 4.79 Å². The van der Waals surface area contributed by atoms with E-state index in [0.717, 1.165) is 25.9 Å². The summed E-state index contributed by atoms with van der Waals surface area (Å²) in [7, 11) is 0. The highest BCUT2D eigenvalue weighted by atomic mass is 16.7. The number of rotatable bonds is 7. The van der Waals surface area contributed by atoms with Crippen molar-refractivity contribution in [1.29, 1.82) is 0 Å². The van der Waals surface area contributed by atoms with Gasteiger partial charge in [-0.25, -0.2) is 4.79 Å². The van der Waals surface area contributed by atoms with Crippen molar-refractivity contribution in [2.24, 2.45) is 5.92 Å². The highest BCUT2D eigenvalue weighted by Crippen LogP contribution is 2.31. The maximum atomic E-state index is 11.7. The molecular weight excluding hydrogens is 296 g/mol. The van der Waals surface area contributed by atoms with Gasteiger partial charge in [0.1, 0.15) is 12.2 Å². The summed E-state index contributed by atoms with van der Waals surface area (Å²) in [6.45, 7) is 6.77. The third kappa shape index (κ3) is 7.19. The van der Waals surface area contributed by atoms with E-state index in [2.05, 4.69) is 0 Å². The Bertz CT molecular complexity index is 351. The molecule has 1 saturated carbocycles. The van der Waals surface area contributed by atoms with Gasteiger partial charge >= 0.3 is 5.97 Å². The zero-order valence-corrected chi connectivity index (χ0v) is 14.8. The molecule has 0 aromatic carbocycles. The van der Waals surface area contributed by atoms with Gasteiger partial charge in [0, 0.05) is 6.61 Å². The molecule has 2 fully saturated rings. The van der Waals surface area contributed by atoms with Gasteiger partial charge in [-0.3, -0.25) is 0 Å². The first-order valence-corrected chi connectivity index (χ1v) is 9.01. The van der Waals surface area contributed by atoms with Crippen molar-refractivity contribution in [2.75, 3.05) is 19.8 Å². The Kier molecular flexibility index (Phi) is 7.31. The third-order valence-electron chi connectivity index (χ3n) is 4.31. The minimum atomic E-state index is -0.474. The molecule has 2 atom stereocenters. The average molecular weight is 328 g/mol. The zero-order chi connectivity index (χ0) is 16.7. The number of esters is 1. The van der Waals surface area contributed by atoms with Crippen molar-refractivity contribution in [2.45, 2.75) is 83.7 Å². The summed E-state index contributed by atoms with van der Waals surface area (Å²) in [6, 6.07) is 0. The Hall–Kier alpha value is -0.650. The van der Waals surface area contributed by atoms with Crippen LogP contribution in [0.3, 0.4) is 0 Å². The lowest BCUT2D eigenvalue weighted by molar-refractivity contribution is -0.209. The molecule has 1 saturated heterocycles. The van der Waals surface area contributed by atoms with Gasteiger partial charge in [-0.15, -0.1) is 0 Å². The number of carbonyl (C=O) groups is 1. The maximum absolute atomic E-state index is 11.7. The van der Waals surface area contributed by atoms with E-state index in [1.165, 1.54) is 25.7 Å². The van der Waals surface area contributed by atoms with Crippen LogP contribution < -0.4 is 0 Å². The standard InChI is InChI=1S/C18H32O5/c1-18(2,3)23-16(19)13-20-12-15(14-8-4-5-9-14)22-17-10-6-7-11-21-17/h14-15,17H,4-13H2,1-3H3/t15-,17?/m0/s1. The monoisotopic (exact) mass is 328 g/mol. The Morgan fingerprint density at radius 1 is 1.13 bits per heavy atom. The van der Waals surface area contributed by atoms with Crippen LogP contribution in [-0.4, -0.2) is 43.8 Å². The summed E-state index contributed by atoms with van der Waals surface area (Å²) in [5, 5.41) is 0. The lowest BCUT2D eigenvalue weighted by Gasteiger charge is -2.30. The minimum absolute atomic E-state index is 0.0167. The predicted octanol–water partition coefficient (Wildman–Crippen LogP) is 3.45. The van der Waals surface area contributed by atoms with Crippen LogP contribution in [0.25, 0.3) is 0 Å². The van der Waals surface area contributed by atoms with Gasteiger partial charge in [0.15, 0.2) is 6.29 Å². The van der Waals surface area contributed by atoms with Crippen molar-refractivity contribution in [3.05, 3.63) is 0 Å². The minimum Gasteiger partial charge on any atom is -0.458 e. The lowest BCUT2D eigenvalue weighted by atomic mass is 10.0. The highest BCUT2D eigenvalue weighted by Gasteiger charge is 2.29. The average Bonchev–Trinajstić information content (AvgIpc) is 2.99. The molecule has 5 heteroatoms. The second-order valence-electron chi connectivity index (χ2n) is 7.62. The smallest absolute Gasteiger partial charge is 0.332 e. The van der Waals surface area contributed by atoms with E-state index < -0.39 is 5.60 Å². The van der Waals surface area contributed by atoms with E-state index in [-0.39, 0.29) is 25.0 Å². The zero-order valence-electron chi connectivity index (χ0n) is 14.8. The van der Waals surface area contributed by atoms with Gasteiger partial charge in [0.25, 0.3) is 0 Å². The van der Waals surface area contributed by atoms with Gasteiger partial charge in [-0.05, 0) is 58.8 Å². The normalized spacial score (nSPS) is 24.6. The third-order valence-corrected chi connectivity index (χ3v) is 4.31. The first-order chi connectivity index (χ1) is 10.9. The molecule has 2 rings (SSSR count). The van der Waals surface area contributed by atoms with Crippen LogP contribution in [0.4, 0.5) is 0 Å². The van der Waals surface area contributed by atoms with Gasteiger partial charge in [0.2, 0.25) is 0 Å². The molecule has 0 N–H and O–H groups in total. The fourth-order valence-corrected chi connectivity index (χ4v) is 3.26. The number of hydrogen-bond donors (Lipinski definition) is 0. The second kappa shape index (κ2) is 9.00. The first kappa shape index (κ1) is 18.7. The quantitative estimate of drug-likeness (QED) is 0.670. The first-order valence-electron chi connectivity index (χ1n) is 9.01. The molecule has 0 aromatic rings. The predicted molar refractivity (Wildman–Crippen MR) is 87.1 cm³/mol. The van der Waals surface area contributed by atoms with Crippen LogP contribution >= 0.6 is 0 Å². The Morgan fingerprint density at radius 2 is 1.83 bits per heavy atom. The van der Waals surface area contributed by atoms with E-state index in [1.54, 1.807) is 0 Å². The summed E-state index contributed by atoms with van der Waals surface area (Å²) in [5.41, 5.74) is -0.474. The van der Waals surface area contributed by atoms with Gasteiger partial charge in [-0.1, -0.05) is 12.8 Å². The van der Waals surface area contributed by atoms with Crippen molar-refractivity contribution in [3.63, 3.8) is 0 Å². The van der Waals surface area contributed by atoms with Crippen molar-refractivity contribution in [1.82, 2.24) is 0 Å². The summed E-state index contributed by atoms with van der Waals surface area (Å²) >= 11 is 0. The lowest BCUT2D eigenvalue weighted by Crippen LogP contribution is -2.36. The molecule has 1 heterocycles. The van der Waals surface area contributed by atoms with Crippen LogP contribution in [0.15, 0.2) is 0 Å². The molecule has 0 radical (unpaired) electrons. The SMILES string of the molecule is CC(C)(C)OC(=O)COC[C@H](OC1CCCCO1)C1CCCC1. The molecule has 0 spiro atoms. The van der Waals surface area contributed by atoms with Gasteiger partial charge in [0.05, 0.1) is 12.7 Å². The molecule has 1 unspecified atom stereocenters. The number of ether oxygens (including phenoxy) is 4. The van der Waals surface area contributed by atoms with Crippen LogP contribution in [0.2, 0.25) is 0 Å². The fourth-order valence-electron chi connectivity index (χ4n) is 3.26. The van der Waals surface area contributed by atoms with Crippen molar-refractivity contribution in [3.8, 4) is 0 Å². The second-order valence-corrected chi connectivity index (χ2v) is 7.62. The molecule has 1 aliphatic carbocycles.